The molecule has 5 heteroatoms. The molecule has 1 fully saturated rings. The van der Waals surface area contributed by atoms with Crippen LogP contribution in [0.25, 0.3) is 0 Å². The lowest BCUT2D eigenvalue weighted by molar-refractivity contribution is -0.141. The van der Waals surface area contributed by atoms with Gasteiger partial charge in [0.25, 0.3) is 0 Å². The molecule has 1 amide bonds. The van der Waals surface area contributed by atoms with Crippen molar-refractivity contribution in [3.63, 3.8) is 0 Å². The van der Waals surface area contributed by atoms with Crippen LogP contribution in [0.15, 0.2) is 0 Å². The quantitative estimate of drug-likeness (QED) is 0.713. The van der Waals surface area contributed by atoms with Crippen LogP contribution in [-0.4, -0.2) is 42.6 Å². The number of rotatable bonds is 7. The maximum absolute atomic E-state index is 12.4. The lowest BCUT2D eigenvalue weighted by Gasteiger charge is -2.23. The maximum Gasteiger partial charge on any atom is 0.307 e. The van der Waals surface area contributed by atoms with Gasteiger partial charge in [0, 0.05) is 6.54 Å². The Morgan fingerprint density at radius 1 is 1.47 bits per heavy atom. The third-order valence-corrected chi connectivity index (χ3v) is 3.86. The monoisotopic (exact) mass is 270 g/mol. The topological polar surface area (TPSA) is 58.6 Å². The Morgan fingerprint density at radius 2 is 2.16 bits per heavy atom. The first-order valence-corrected chi connectivity index (χ1v) is 7.18. The van der Waals surface area contributed by atoms with Crippen molar-refractivity contribution in [2.45, 2.75) is 58.7 Å². The van der Waals surface area contributed by atoms with E-state index in [0.29, 0.717) is 12.5 Å². The number of carbonyl (C=O) groups is 2. The molecule has 1 aliphatic heterocycles. The zero-order valence-corrected chi connectivity index (χ0v) is 12.4. The highest BCUT2D eigenvalue weighted by molar-refractivity contribution is 5.85. The Bertz CT molecular complexity index is 320. The Labute approximate surface area is 115 Å². The molecule has 1 rings (SSSR count). The Hall–Kier alpha value is -1.10. The van der Waals surface area contributed by atoms with E-state index in [-0.39, 0.29) is 30.5 Å². The van der Waals surface area contributed by atoms with Crippen LogP contribution in [0.3, 0.4) is 0 Å². The number of amides is 1. The van der Waals surface area contributed by atoms with Gasteiger partial charge in [0.1, 0.15) is 0 Å². The van der Waals surface area contributed by atoms with Crippen LogP contribution in [-0.2, 0) is 14.3 Å². The van der Waals surface area contributed by atoms with E-state index in [1.165, 1.54) is 7.11 Å². The smallest absolute Gasteiger partial charge is 0.307 e. The fraction of sp³-hybridized carbons (Fsp3) is 0.857. The molecule has 19 heavy (non-hydrogen) atoms. The normalized spacial score (nSPS) is 24.6. The highest BCUT2D eigenvalue weighted by Gasteiger charge is 2.40. The molecule has 0 saturated carbocycles. The summed E-state index contributed by atoms with van der Waals surface area (Å²) in [6, 6.07) is -0.112. The lowest BCUT2D eigenvalue weighted by Crippen LogP contribution is -2.38. The number of ether oxygens (including phenoxy) is 1. The van der Waals surface area contributed by atoms with E-state index >= 15 is 0 Å². The van der Waals surface area contributed by atoms with E-state index in [1.807, 2.05) is 0 Å². The van der Waals surface area contributed by atoms with Crippen LogP contribution in [0.5, 0.6) is 0 Å². The van der Waals surface area contributed by atoms with Crippen molar-refractivity contribution in [2.24, 2.45) is 5.92 Å². The maximum atomic E-state index is 12.4. The van der Waals surface area contributed by atoms with Gasteiger partial charge in [-0.05, 0) is 12.3 Å². The van der Waals surface area contributed by atoms with Crippen molar-refractivity contribution >= 4 is 11.9 Å². The van der Waals surface area contributed by atoms with Crippen LogP contribution in [0.1, 0.15) is 46.5 Å². The van der Waals surface area contributed by atoms with Crippen LogP contribution in [0.4, 0.5) is 0 Å². The first-order chi connectivity index (χ1) is 9.04. The van der Waals surface area contributed by atoms with E-state index in [4.69, 9.17) is 0 Å². The van der Waals surface area contributed by atoms with Gasteiger partial charge in [-0.25, -0.2) is 0 Å². The van der Waals surface area contributed by atoms with Crippen LogP contribution < -0.4 is 5.32 Å². The standard InChI is InChI=1S/C14H26N2O3/c1-5-7-11-15-13(10(3)6-2)14(18)16(11)9-8-12(17)19-4/h10-11,13,15H,5-9H2,1-4H3. The van der Waals surface area contributed by atoms with Gasteiger partial charge in [-0.15, -0.1) is 0 Å². The second-order valence-electron chi connectivity index (χ2n) is 5.19. The number of nitrogens with one attached hydrogen (secondary N) is 1. The summed E-state index contributed by atoms with van der Waals surface area (Å²) in [5, 5.41) is 3.41. The van der Waals surface area contributed by atoms with Crippen molar-refractivity contribution in [1.82, 2.24) is 10.2 Å². The van der Waals surface area contributed by atoms with Gasteiger partial charge in [0.15, 0.2) is 0 Å². The highest BCUT2D eigenvalue weighted by atomic mass is 16.5. The minimum absolute atomic E-state index is 0.0566. The Kier molecular flexibility index (Phi) is 6.28. The van der Waals surface area contributed by atoms with E-state index < -0.39 is 0 Å². The molecule has 1 N–H and O–H groups in total. The van der Waals surface area contributed by atoms with E-state index in [2.05, 4.69) is 30.8 Å². The largest absolute Gasteiger partial charge is 0.469 e. The van der Waals surface area contributed by atoms with Crippen molar-refractivity contribution in [1.29, 1.82) is 0 Å². The van der Waals surface area contributed by atoms with Crippen LogP contribution >= 0.6 is 0 Å². The van der Waals surface area contributed by atoms with E-state index in [0.717, 1.165) is 19.3 Å². The Morgan fingerprint density at radius 3 is 2.68 bits per heavy atom. The molecule has 110 valence electrons. The second-order valence-corrected chi connectivity index (χ2v) is 5.19. The summed E-state index contributed by atoms with van der Waals surface area (Å²) in [6.45, 7) is 6.71. The second kappa shape index (κ2) is 7.48. The van der Waals surface area contributed by atoms with Gasteiger partial charge in [0.2, 0.25) is 5.91 Å². The number of carbonyl (C=O) groups excluding carboxylic acids is 2. The van der Waals surface area contributed by atoms with Crippen LogP contribution in [0.2, 0.25) is 0 Å². The Balaban J connectivity index is 2.68. The summed E-state index contributed by atoms with van der Waals surface area (Å²) >= 11 is 0. The molecule has 0 radical (unpaired) electrons. The number of methoxy groups -OCH3 is 1. The first kappa shape index (κ1) is 16.0. The minimum Gasteiger partial charge on any atom is -0.469 e. The number of hydrogen-bond donors (Lipinski definition) is 1. The third-order valence-electron chi connectivity index (χ3n) is 3.86. The molecule has 5 nitrogen and oxygen atoms in total. The molecule has 0 spiro atoms. The van der Waals surface area contributed by atoms with Crippen LogP contribution in [0, 0.1) is 5.92 Å². The average molecular weight is 270 g/mol. The predicted octanol–water partition coefficient (Wildman–Crippen LogP) is 1.52. The predicted molar refractivity (Wildman–Crippen MR) is 73.4 cm³/mol. The summed E-state index contributed by atoms with van der Waals surface area (Å²) in [4.78, 5) is 25.4. The van der Waals surface area contributed by atoms with Crippen molar-refractivity contribution in [3.8, 4) is 0 Å². The number of esters is 1. The van der Waals surface area contributed by atoms with Gasteiger partial charge < -0.3 is 9.64 Å². The summed E-state index contributed by atoms with van der Waals surface area (Å²) in [7, 11) is 1.37. The summed E-state index contributed by atoms with van der Waals surface area (Å²) in [6.07, 6.45) is 3.21. The summed E-state index contributed by atoms with van der Waals surface area (Å²) in [5.41, 5.74) is 0. The molecular formula is C14H26N2O3. The summed E-state index contributed by atoms with van der Waals surface area (Å²) < 4.78 is 4.64. The van der Waals surface area contributed by atoms with E-state index in [1.54, 1.807) is 4.90 Å². The first-order valence-electron chi connectivity index (χ1n) is 7.18. The van der Waals surface area contributed by atoms with Crippen molar-refractivity contribution in [3.05, 3.63) is 0 Å². The molecule has 0 aromatic carbocycles. The van der Waals surface area contributed by atoms with Gasteiger partial charge in [-0.1, -0.05) is 33.6 Å². The molecule has 0 aromatic heterocycles. The molecule has 0 aliphatic carbocycles. The van der Waals surface area contributed by atoms with Crippen molar-refractivity contribution < 1.29 is 14.3 Å². The fourth-order valence-corrected chi connectivity index (χ4v) is 2.44. The lowest BCUT2D eigenvalue weighted by atomic mass is 9.99. The fourth-order valence-electron chi connectivity index (χ4n) is 2.44. The molecule has 1 heterocycles. The van der Waals surface area contributed by atoms with E-state index in [9.17, 15) is 9.59 Å². The minimum atomic E-state index is -0.268. The molecule has 1 saturated heterocycles. The van der Waals surface area contributed by atoms with Gasteiger partial charge >= 0.3 is 5.97 Å². The summed E-state index contributed by atoms with van der Waals surface area (Å²) in [5.74, 6) is 0.168. The molecular weight excluding hydrogens is 244 g/mol. The highest BCUT2D eigenvalue weighted by Crippen LogP contribution is 2.22. The van der Waals surface area contributed by atoms with Gasteiger partial charge in [0.05, 0.1) is 25.7 Å². The SMILES string of the molecule is CCCC1NC(C(C)CC)C(=O)N1CCC(=O)OC. The third kappa shape index (κ3) is 3.93. The van der Waals surface area contributed by atoms with Gasteiger partial charge in [-0.3, -0.25) is 14.9 Å². The van der Waals surface area contributed by atoms with Crippen molar-refractivity contribution in [2.75, 3.05) is 13.7 Å². The zero-order valence-electron chi connectivity index (χ0n) is 12.4. The average Bonchev–Trinajstić information content (AvgIpc) is 2.72. The molecule has 0 aromatic rings. The molecule has 1 aliphatic rings. The molecule has 0 bridgehead atoms. The molecule has 3 atom stereocenters. The number of nitrogens with zero attached hydrogens (tertiary/aromatic N) is 1. The zero-order chi connectivity index (χ0) is 14.4. The molecule has 3 unspecified atom stereocenters. The van der Waals surface area contributed by atoms with Gasteiger partial charge in [-0.2, -0.15) is 0 Å². The number of hydrogen-bond acceptors (Lipinski definition) is 4.